The molecule has 1 aliphatic rings. The average Bonchev–Trinajstić information content (AvgIpc) is 2.82. The van der Waals surface area contributed by atoms with Crippen LogP contribution in [0.5, 0.6) is 0 Å². The van der Waals surface area contributed by atoms with E-state index >= 15 is 0 Å². The maximum atomic E-state index is 12.0. The van der Waals surface area contributed by atoms with Crippen LogP contribution in [0.25, 0.3) is 0 Å². The number of sulfonamides is 1. The first kappa shape index (κ1) is 14.1. The van der Waals surface area contributed by atoms with Crippen molar-refractivity contribution in [3.05, 3.63) is 12.4 Å². The lowest BCUT2D eigenvalue weighted by Gasteiger charge is -2.19. The number of nitrogens with zero attached hydrogens (tertiary/aromatic N) is 3. The van der Waals surface area contributed by atoms with E-state index in [1.807, 2.05) is 7.05 Å². The molecule has 1 aromatic heterocycles. The molecule has 0 amide bonds. The molecule has 1 fully saturated rings. The molecule has 2 rings (SSSR count). The first-order valence-corrected chi connectivity index (χ1v) is 7.50. The summed E-state index contributed by atoms with van der Waals surface area (Å²) in [6.07, 6.45) is 4.56. The van der Waals surface area contributed by atoms with E-state index in [9.17, 15) is 8.42 Å². The van der Waals surface area contributed by atoms with Crippen molar-refractivity contribution >= 4 is 16.0 Å². The van der Waals surface area contributed by atoms with Gasteiger partial charge < -0.3 is 4.90 Å². The molecule has 4 N–H and O–H groups in total. The first-order chi connectivity index (χ1) is 9.03. The standard InChI is InChI=1S/C10H18N6O2S/c1-16-4-2-3-8(16)5-14-19(17,18)9-6-12-10(15-11)13-7-9/h6-8,14H,2-5,11H2,1H3,(H,12,13,15). The van der Waals surface area contributed by atoms with Crippen molar-refractivity contribution in [1.29, 1.82) is 0 Å². The second-order valence-electron chi connectivity index (χ2n) is 4.52. The first-order valence-electron chi connectivity index (χ1n) is 6.01. The van der Waals surface area contributed by atoms with E-state index in [2.05, 4.69) is 25.0 Å². The van der Waals surface area contributed by atoms with E-state index in [1.54, 1.807) is 0 Å². The normalized spacial score (nSPS) is 20.6. The number of rotatable bonds is 5. The Kier molecular flexibility index (Phi) is 4.30. The zero-order chi connectivity index (χ0) is 13.9. The summed E-state index contributed by atoms with van der Waals surface area (Å²) < 4.78 is 26.7. The SMILES string of the molecule is CN1CCCC1CNS(=O)(=O)c1cnc(NN)nc1. The Balaban J connectivity index is 2.01. The van der Waals surface area contributed by atoms with Crippen LogP contribution in [0.1, 0.15) is 12.8 Å². The lowest BCUT2D eigenvalue weighted by Crippen LogP contribution is -2.38. The van der Waals surface area contributed by atoms with Crippen molar-refractivity contribution in [3.8, 4) is 0 Å². The number of hydrogen-bond acceptors (Lipinski definition) is 7. The van der Waals surface area contributed by atoms with Crippen molar-refractivity contribution in [3.63, 3.8) is 0 Å². The van der Waals surface area contributed by atoms with Gasteiger partial charge >= 0.3 is 0 Å². The Morgan fingerprint density at radius 3 is 2.68 bits per heavy atom. The molecule has 1 saturated heterocycles. The van der Waals surface area contributed by atoms with Crippen LogP contribution in [0.4, 0.5) is 5.95 Å². The summed E-state index contributed by atoms with van der Waals surface area (Å²) in [6, 6.07) is 0.251. The van der Waals surface area contributed by atoms with E-state index in [1.165, 1.54) is 12.4 Å². The van der Waals surface area contributed by atoms with Crippen LogP contribution >= 0.6 is 0 Å². The monoisotopic (exact) mass is 286 g/mol. The number of nitrogen functional groups attached to an aromatic ring is 1. The summed E-state index contributed by atoms with van der Waals surface area (Å²) in [5.41, 5.74) is 2.24. The van der Waals surface area contributed by atoms with Crippen LogP contribution in [-0.2, 0) is 10.0 Å². The predicted molar refractivity (Wildman–Crippen MR) is 70.7 cm³/mol. The van der Waals surface area contributed by atoms with Crippen molar-refractivity contribution in [1.82, 2.24) is 19.6 Å². The van der Waals surface area contributed by atoms with Crippen LogP contribution in [0.15, 0.2) is 17.3 Å². The minimum atomic E-state index is -3.57. The Bertz CT molecular complexity index is 517. The molecule has 1 aromatic rings. The molecular weight excluding hydrogens is 268 g/mol. The molecule has 1 aliphatic heterocycles. The van der Waals surface area contributed by atoms with Crippen molar-refractivity contribution < 1.29 is 8.42 Å². The van der Waals surface area contributed by atoms with Crippen LogP contribution in [0.2, 0.25) is 0 Å². The van der Waals surface area contributed by atoms with E-state index in [4.69, 9.17) is 5.84 Å². The Hall–Kier alpha value is -1.29. The Morgan fingerprint density at radius 2 is 2.16 bits per heavy atom. The summed E-state index contributed by atoms with van der Waals surface area (Å²) in [6.45, 7) is 1.40. The fraction of sp³-hybridized carbons (Fsp3) is 0.600. The minimum Gasteiger partial charge on any atom is -0.302 e. The van der Waals surface area contributed by atoms with E-state index in [0.29, 0.717) is 6.54 Å². The Labute approximate surface area is 112 Å². The number of aromatic nitrogens is 2. The number of likely N-dealkylation sites (N-methyl/N-ethyl adjacent to an activating group) is 1. The predicted octanol–water partition coefficient (Wildman–Crippen LogP) is -0.865. The van der Waals surface area contributed by atoms with Crippen LogP contribution in [-0.4, -0.2) is 49.5 Å². The van der Waals surface area contributed by atoms with Gasteiger partial charge in [-0.05, 0) is 26.4 Å². The zero-order valence-corrected chi connectivity index (χ0v) is 11.5. The lowest BCUT2D eigenvalue weighted by molar-refractivity contribution is 0.311. The summed E-state index contributed by atoms with van der Waals surface area (Å²) in [5.74, 6) is 5.30. The van der Waals surface area contributed by atoms with Gasteiger partial charge in [-0.3, -0.25) is 5.43 Å². The highest BCUT2D eigenvalue weighted by Crippen LogP contribution is 2.14. The minimum absolute atomic E-state index is 0.0344. The quantitative estimate of drug-likeness (QED) is 0.476. The Morgan fingerprint density at radius 1 is 1.47 bits per heavy atom. The third-order valence-corrected chi connectivity index (χ3v) is 4.63. The molecule has 106 valence electrons. The molecule has 2 heterocycles. The van der Waals surface area contributed by atoms with Crippen molar-refractivity contribution in [2.45, 2.75) is 23.8 Å². The van der Waals surface area contributed by atoms with Crippen LogP contribution < -0.4 is 16.0 Å². The van der Waals surface area contributed by atoms with Crippen LogP contribution in [0, 0.1) is 0 Å². The average molecular weight is 286 g/mol. The molecule has 8 nitrogen and oxygen atoms in total. The summed E-state index contributed by atoms with van der Waals surface area (Å²) >= 11 is 0. The number of nitrogens with two attached hydrogens (primary N) is 1. The topological polar surface area (TPSA) is 113 Å². The summed E-state index contributed by atoms with van der Waals surface area (Å²) in [5, 5.41) is 0. The van der Waals surface area contributed by atoms with Gasteiger partial charge in [-0.1, -0.05) is 0 Å². The number of likely N-dealkylation sites (tertiary alicyclic amines) is 1. The van der Waals surface area contributed by atoms with Gasteiger partial charge in [0.2, 0.25) is 16.0 Å². The molecule has 0 aliphatic carbocycles. The smallest absolute Gasteiger partial charge is 0.243 e. The zero-order valence-electron chi connectivity index (χ0n) is 10.7. The second-order valence-corrected chi connectivity index (χ2v) is 6.28. The molecule has 0 radical (unpaired) electrons. The molecule has 0 aromatic carbocycles. The highest BCUT2D eigenvalue weighted by atomic mass is 32.2. The van der Waals surface area contributed by atoms with Gasteiger partial charge in [0.15, 0.2) is 0 Å². The molecule has 0 bridgehead atoms. The van der Waals surface area contributed by atoms with Gasteiger partial charge in [-0.15, -0.1) is 0 Å². The number of hydrazine groups is 1. The van der Waals surface area contributed by atoms with E-state index in [-0.39, 0.29) is 16.9 Å². The van der Waals surface area contributed by atoms with Gasteiger partial charge in [0, 0.05) is 12.6 Å². The molecule has 0 saturated carbocycles. The third-order valence-electron chi connectivity index (χ3n) is 3.25. The molecule has 1 unspecified atom stereocenters. The largest absolute Gasteiger partial charge is 0.302 e. The molecule has 19 heavy (non-hydrogen) atoms. The van der Waals surface area contributed by atoms with E-state index < -0.39 is 10.0 Å². The van der Waals surface area contributed by atoms with Gasteiger partial charge in [0.1, 0.15) is 4.90 Å². The number of anilines is 1. The third kappa shape index (κ3) is 3.38. The molecular formula is C10H18N6O2S. The summed E-state index contributed by atoms with van der Waals surface area (Å²) in [7, 11) is -1.57. The summed E-state index contributed by atoms with van der Waals surface area (Å²) in [4.78, 5) is 9.75. The van der Waals surface area contributed by atoms with Gasteiger partial charge in [-0.25, -0.2) is 29.0 Å². The number of nitrogens with one attached hydrogen (secondary N) is 2. The van der Waals surface area contributed by atoms with Gasteiger partial charge in [-0.2, -0.15) is 0 Å². The van der Waals surface area contributed by atoms with Crippen LogP contribution in [0.3, 0.4) is 0 Å². The van der Waals surface area contributed by atoms with Gasteiger partial charge in [0.05, 0.1) is 12.4 Å². The highest BCUT2D eigenvalue weighted by Gasteiger charge is 2.23. The van der Waals surface area contributed by atoms with Crippen molar-refractivity contribution in [2.75, 3.05) is 25.6 Å². The molecule has 1 atom stereocenters. The number of hydrogen-bond donors (Lipinski definition) is 3. The second kappa shape index (κ2) is 5.78. The molecule has 9 heteroatoms. The fourth-order valence-corrected chi connectivity index (χ4v) is 3.02. The van der Waals surface area contributed by atoms with E-state index in [0.717, 1.165) is 19.4 Å². The molecule has 0 spiro atoms. The van der Waals surface area contributed by atoms with Gasteiger partial charge in [0.25, 0.3) is 0 Å². The lowest BCUT2D eigenvalue weighted by atomic mass is 10.2. The van der Waals surface area contributed by atoms with Crippen molar-refractivity contribution in [2.24, 2.45) is 5.84 Å². The highest BCUT2D eigenvalue weighted by molar-refractivity contribution is 7.89. The fourth-order valence-electron chi connectivity index (χ4n) is 2.06. The maximum absolute atomic E-state index is 12.0. The maximum Gasteiger partial charge on any atom is 0.243 e.